The molecular weight excluding hydrogens is 390 g/mol. The predicted octanol–water partition coefficient (Wildman–Crippen LogP) is 2.53. The molecule has 2 heterocycles. The number of carbonyl (C=O) groups excluding carboxylic acids is 3. The van der Waals surface area contributed by atoms with E-state index in [9.17, 15) is 14.4 Å². The molecular formula is C21H29N3O6. The lowest BCUT2D eigenvalue weighted by Gasteiger charge is -2.37. The number of urea groups is 1. The maximum atomic E-state index is 13.2. The Morgan fingerprint density at radius 3 is 2.37 bits per heavy atom. The molecule has 1 N–H and O–H groups in total. The van der Waals surface area contributed by atoms with Crippen molar-refractivity contribution in [3.05, 3.63) is 23.8 Å². The fourth-order valence-electron chi connectivity index (χ4n) is 3.73. The lowest BCUT2D eigenvalue weighted by atomic mass is 9.87. The Labute approximate surface area is 176 Å². The first-order valence-electron chi connectivity index (χ1n) is 9.91. The Hall–Kier alpha value is -2.97. The van der Waals surface area contributed by atoms with Crippen LogP contribution in [0.3, 0.4) is 0 Å². The minimum absolute atomic E-state index is 0.0720. The number of ether oxygens (including phenoxy) is 3. The second kappa shape index (κ2) is 8.04. The fraction of sp³-hybridized carbons (Fsp3) is 0.571. The Bertz CT molecular complexity index is 840. The third kappa shape index (κ3) is 4.29. The van der Waals surface area contributed by atoms with Gasteiger partial charge in [-0.2, -0.15) is 0 Å². The van der Waals surface area contributed by atoms with Crippen molar-refractivity contribution in [3.8, 4) is 11.5 Å². The van der Waals surface area contributed by atoms with Crippen molar-refractivity contribution >= 4 is 18.0 Å². The number of rotatable bonds is 4. The fourth-order valence-corrected chi connectivity index (χ4v) is 3.73. The monoisotopic (exact) mass is 419 g/mol. The smallest absolute Gasteiger partial charge is 0.410 e. The topological polar surface area (TPSA) is 97.4 Å². The van der Waals surface area contributed by atoms with E-state index in [0.717, 1.165) is 0 Å². The second-order valence-corrected chi connectivity index (χ2v) is 8.55. The highest BCUT2D eigenvalue weighted by molar-refractivity contribution is 6.07. The number of piperidine rings is 1. The predicted molar refractivity (Wildman–Crippen MR) is 108 cm³/mol. The zero-order chi connectivity index (χ0) is 22.1. The van der Waals surface area contributed by atoms with Gasteiger partial charge in [-0.05, 0) is 51.8 Å². The van der Waals surface area contributed by atoms with Gasteiger partial charge in [0.2, 0.25) is 0 Å². The standard InChI is InChI=1S/C21H29N3O6/c1-20(2,3)30-19(27)23-10-8-21(9-11-23)17(25)24(18(26)22-21)13-14-12-15(28-4)6-7-16(14)29-5/h6-7,12H,8-11,13H2,1-5H3,(H,22,26). The maximum absolute atomic E-state index is 13.2. The Balaban J connectivity index is 1.71. The van der Waals surface area contributed by atoms with Gasteiger partial charge in [0.05, 0.1) is 20.8 Å². The molecule has 4 amide bonds. The van der Waals surface area contributed by atoms with Crippen LogP contribution >= 0.6 is 0 Å². The molecule has 3 rings (SSSR count). The number of hydrogen-bond acceptors (Lipinski definition) is 6. The summed E-state index contributed by atoms with van der Waals surface area (Å²) in [4.78, 5) is 40.9. The molecule has 2 fully saturated rings. The number of methoxy groups -OCH3 is 2. The summed E-state index contributed by atoms with van der Waals surface area (Å²) in [6, 6.07) is 4.79. The van der Waals surface area contributed by atoms with Crippen molar-refractivity contribution in [3.63, 3.8) is 0 Å². The Morgan fingerprint density at radius 1 is 1.13 bits per heavy atom. The summed E-state index contributed by atoms with van der Waals surface area (Å²) in [5.41, 5.74) is -0.915. The number of likely N-dealkylation sites (tertiary alicyclic amines) is 1. The third-order valence-electron chi connectivity index (χ3n) is 5.33. The van der Waals surface area contributed by atoms with Crippen molar-refractivity contribution in [2.45, 2.75) is 51.3 Å². The van der Waals surface area contributed by atoms with Gasteiger partial charge in [0.15, 0.2) is 0 Å². The van der Waals surface area contributed by atoms with Gasteiger partial charge in [-0.3, -0.25) is 9.69 Å². The number of imide groups is 1. The lowest BCUT2D eigenvalue weighted by Crippen LogP contribution is -2.56. The van der Waals surface area contributed by atoms with E-state index in [0.29, 0.717) is 43.0 Å². The molecule has 1 spiro atoms. The van der Waals surface area contributed by atoms with E-state index in [1.165, 1.54) is 12.0 Å². The molecule has 2 saturated heterocycles. The number of nitrogens with one attached hydrogen (secondary N) is 1. The summed E-state index contributed by atoms with van der Waals surface area (Å²) in [6.07, 6.45) is 0.262. The van der Waals surface area contributed by atoms with Crippen molar-refractivity contribution < 1.29 is 28.6 Å². The molecule has 0 atom stereocenters. The molecule has 2 aliphatic rings. The summed E-state index contributed by atoms with van der Waals surface area (Å²) in [5.74, 6) is 0.886. The molecule has 0 radical (unpaired) electrons. The summed E-state index contributed by atoms with van der Waals surface area (Å²) in [6.45, 7) is 6.16. The molecule has 1 aromatic rings. The number of hydrogen-bond donors (Lipinski definition) is 1. The van der Waals surface area contributed by atoms with Crippen molar-refractivity contribution in [1.82, 2.24) is 15.1 Å². The van der Waals surface area contributed by atoms with Crippen LogP contribution in [0, 0.1) is 0 Å². The zero-order valence-electron chi connectivity index (χ0n) is 18.1. The average molecular weight is 419 g/mol. The van der Waals surface area contributed by atoms with E-state index in [1.807, 2.05) is 20.8 Å². The quantitative estimate of drug-likeness (QED) is 0.754. The molecule has 1 aromatic carbocycles. The van der Waals surface area contributed by atoms with Gasteiger partial charge in [-0.25, -0.2) is 9.59 Å². The molecule has 9 heteroatoms. The average Bonchev–Trinajstić information content (AvgIpc) is 2.91. The molecule has 0 aromatic heterocycles. The van der Waals surface area contributed by atoms with E-state index in [4.69, 9.17) is 14.2 Å². The van der Waals surface area contributed by atoms with E-state index in [1.54, 1.807) is 30.2 Å². The van der Waals surface area contributed by atoms with Gasteiger partial charge < -0.3 is 24.4 Å². The second-order valence-electron chi connectivity index (χ2n) is 8.55. The third-order valence-corrected chi connectivity index (χ3v) is 5.33. The van der Waals surface area contributed by atoms with Crippen molar-refractivity contribution in [2.75, 3.05) is 27.3 Å². The van der Waals surface area contributed by atoms with E-state index < -0.39 is 23.3 Å². The first-order valence-corrected chi connectivity index (χ1v) is 9.91. The minimum atomic E-state index is -0.998. The van der Waals surface area contributed by atoms with Crippen LogP contribution in [0.5, 0.6) is 11.5 Å². The SMILES string of the molecule is COc1ccc(OC)c(CN2C(=O)NC3(CCN(C(=O)OC(C)(C)C)CC3)C2=O)c1. The van der Waals surface area contributed by atoms with Gasteiger partial charge in [0.1, 0.15) is 22.6 Å². The van der Waals surface area contributed by atoms with Crippen LogP contribution in [0.2, 0.25) is 0 Å². The number of benzene rings is 1. The highest BCUT2D eigenvalue weighted by Gasteiger charge is 2.53. The van der Waals surface area contributed by atoms with Crippen LogP contribution in [-0.4, -0.2) is 66.3 Å². The van der Waals surface area contributed by atoms with Gasteiger partial charge >= 0.3 is 12.1 Å². The number of carbonyl (C=O) groups is 3. The normalized spacial score (nSPS) is 18.4. The van der Waals surface area contributed by atoms with Gasteiger partial charge in [-0.15, -0.1) is 0 Å². The molecule has 0 aliphatic carbocycles. The lowest BCUT2D eigenvalue weighted by molar-refractivity contribution is -0.133. The van der Waals surface area contributed by atoms with Gasteiger partial charge in [0, 0.05) is 18.7 Å². The first-order chi connectivity index (χ1) is 14.1. The first kappa shape index (κ1) is 21.7. The number of amides is 4. The summed E-state index contributed by atoms with van der Waals surface area (Å²) in [5, 5.41) is 2.85. The highest BCUT2D eigenvalue weighted by atomic mass is 16.6. The van der Waals surface area contributed by atoms with Crippen LogP contribution in [0.25, 0.3) is 0 Å². The Kier molecular flexibility index (Phi) is 5.83. The molecule has 0 unspecified atom stereocenters. The minimum Gasteiger partial charge on any atom is -0.497 e. The summed E-state index contributed by atoms with van der Waals surface area (Å²) >= 11 is 0. The van der Waals surface area contributed by atoms with Crippen LogP contribution < -0.4 is 14.8 Å². The molecule has 2 aliphatic heterocycles. The maximum Gasteiger partial charge on any atom is 0.410 e. The van der Waals surface area contributed by atoms with Crippen LogP contribution in [0.15, 0.2) is 18.2 Å². The van der Waals surface area contributed by atoms with Crippen LogP contribution in [0.4, 0.5) is 9.59 Å². The number of nitrogens with zero attached hydrogens (tertiary/aromatic N) is 2. The van der Waals surface area contributed by atoms with Gasteiger partial charge in [-0.1, -0.05) is 0 Å². The largest absolute Gasteiger partial charge is 0.497 e. The molecule has 164 valence electrons. The van der Waals surface area contributed by atoms with E-state index >= 15 is 0 Å². The molecule has 0 bridgehead atoms. The molecule has 9 nitrogen and oxygen atoms in total. The van der Waals surface area contributed by atoms with Crippen LogP contribution in [0.1, 0.15) is 39.2 Å². The summed E-state index contributed by atoms with van der Waals surface area (Å²) < 4.78 is 16.0. The van der Waals surface area contributed by atoms with E-state index in [-0.39, 0.29) is 12.5 Å². The van der Waals surface area contributed by atoms with Gasteiger partial charge in [0.25, 0.3) is 5.91 Å². The highest BCUT2D eigenvalue weighted by Crippen LogP contribution is 2.33. The molecule has 30 heavy (non-hydrogen) atoms. The van der Waals surface area contributed by atoms with Crippen molar-refractivity contribution in [2.24, 2.45) is 0 Å². The summed E-state index contributed by atoms with van der Waals surface area (Å²) in [7, 11) is 3.08. The zero-order valence-corrected chi connectivity index (χ0v) is 18.1. The van der Waals surface area contributed by atoms with E-state index in [2.05, 4.69) is 5.32 Å². The molecule has 0 saturated carbocycles. The Morgan fingerprint density at radius 2 is 1.80 bits per heavy atom. The van der Waals surface area contributed by atoms with Crippen molar-refractivity contribution in [1.29, 1.82) is 0 Å². The van der Waals surface area contributed by atoms with Crippen LogP contribution in [-0.2, 0) is 16.1 Å².